The van der Waals surface area contributed by atoms with E-state index < -0.39 is 11.6 Å². The summed E-state index contributed by atoms with van der Waals surface area (Å²) in [5.41, 5.74) is 0.938. The van der Waals surface area contributed by atoms with Gasteiger partial charge in [-0.25, -0.2) is 0 Å². The first-order chi connectivity index (χ1) is 14.1. The zero-order chi connectivity index (χ0) is 20.0. The van der Waals surface area contributed by atoms with Crippen LogP contribution in [0.3, 0.4) is 0 Å². The zero-order valence-corrected chi connectivity index (χ0v) is 16.8. The molecule has 0 fully saturated rings. The van der Waals surface area contributed by atoms with Gasteiger partial charge in [-0.1, -0.05) is 71.7 Å². The molecular weight excluding hydrogens is 407 g/mol. The maximum absolute atomic E-state index is 13.9. The van der Waals surface area contributed by atoms with Crippen molar-refractivity contribution < 1.29 is 9.53 Å². The van der Waals surface area contributed by atoms with Gasteiger partial charge in [0.25, 0.3) is 0 Å². The number of halogens is 2. The third kappa shape index (κ3) is 2.78. The highest BCUT2D eigenvalue weighted by Crippen LogP contribution is 2.53. The molecule has 1 spiro atoms. The minimum Gasteiger partial charge on any atom is -0.482 e. The van der Waals surface area contributed by atoms with Crippen LogP contribution in [0.4, 0.5) is 0 Å². The molecule has 0 amide bonds. The van der Waals surface area contributed by atoms with E-state index in [1.807, 2.05) is 54.6 Å². The summed E-state index contributed by atoms with van der Waals surface area (Å²) in [4.78, 5) is 13.9. The first kappa shape index (κ1) is 18.3. The molecule has 3 aromatic rings. The molecule has 29 heavy (non-hydrogen) atoms. The van der Waals surface area contributed by atoms with Crippen molar-refractivity contribution in [2.45, 2.75) is 17.6 Å². The van der Waals surface area contributed by atoms with Crippen molar-refractivity contribution in [2.24, 2.45) is 10.2 Å². The first-order valence-electron chi connectivity index (χ1n) is 9.30. The van der Waals surface area contributed by atoms with E-state index in [9.17, 15) is 4.79 Å². The maximum Gasteiger partial charge on any atom is 0.200 e. The Morgan fingerprint density at radius 1 is 0.966 bits per heavy atom. The van der Waals surface area contributed by atoms with Gasteiger partial charge in [0.1, 0.15) is 5.75 Å². The van der Waals surface area contributed by atoms with E-state index in [0.29, 0.717) is 27.9 Å². The molecule has 2 heterocycles. The molecule has 0 saturated carbocycles. The number of carbonyl (C=O) groups excluding carboxylic acids is 1. The number of fused-ring (bicyclic) bond motifs is 1. The Hall–Kier alpha value is -2.69. The van der Waals surface area contributed by atoms with Crippen LogP contribution in [-0.2, 0) is 0 Å². The number of rotatable bonds is 2. The Kier molecular flexibility index (Phi) is 4.41. The second-order valence-electron chi connectivity index (χ2n) is 7.20. The summed E-state index contributed by atoms with van der Waals surface area (Å²) in [6.45, 7) is 0.349. The fourth-order valence-corrected chi connectivity index (χ4v) is 4.81. The van der Waals surface area contributed by atoms with E-state index in [4.69, 9.17) is 27.9 Å². The van der Waals surface area contributed by atoms with Crippen LogP contribution in [-0.4, -0.2) is 17.9 Å². The molecule has 0 saturated heterocycles. The Labute approximate surface area is 178 Å². The largest absolute Gasteiger partial charge is 0.482 e. The summed E-state index contributed by atoms with van der Waals surface area (Å²) in [5.74, 6) is 0.0869. The standard InChI is InChI=1S/C23H16Cl2N2O2/c24-15-10-11-16(19(25)12-15)18-13-26-27-23(18)21(28)17-8-4-5-9-20(17)29-22(23)14-6-2-1-3-7-14/h1-12,18,22H,13H2/t18-,22+,23-/m0/s1. The highest BCUT2D eigenvalue weighted by atomic mass is 35.5. The molecule has 0 aliphatic carbocycles. The number of Topliss-reactive ketones (excluding diaryl/α,β-unsaturated/α-hetero) is 1. The number of para-hydroxylation sites is 1. The van der Waals surface area contributed by atoms with Gasteiger partial charge < -0.3 is 4.74 Å². The molecule has 4 nitrogen and oxygen atoms in total. The molecule has 2 aliphatic heterocycles. The second kappa shape index (κ2) is 6.97. The Morgan fingerprint density at radius 3 is 2.52 bits per heavy atom. The molecule has 0 N–H and O–H groups in total. The lowest BCUT2D eigenvalue weighted by molar-refractivity contribution is 0.0522. The van der Waals surface area contributed by atoms with Crippen LogP contribution < -0.4 is 4.74 Å². The molecule has 0 radical (unpaired) electrons. The number of carbonyl (C=O) groups is 1. The molecule has 0 unspecified atom stereocenters. The molecule has 0 bridgehead atoms. The summed E-state index contributed by atoms with van der Waals surface area (Å²) in [6.07, 6.45) is -0.617. The molecular formula is C23H16Cl2N2O2. The fraction of sp³-hybridized carbons (Fsp3) is 0.174. The lowest BCUT2D eigenvalue weighted by atomic mass is 9.69. The van der Waals surface area contributed by atoms with E-state index in [0.717, 1.165) is 11.1 Å². The van der Waals surface area contributed by atoms with Crippen molar-refractivity contribution in [1.29, 1.82) is 0 Å². The van der Waals surface area contributed by atoms with Gasteiger partial charge >= 0.3 is 0 Å². The number of ketones is 1. The third-order valence-electron chi connectivity index (χ3n) is 5.61. The minimum atomic E-state index is -1.23. The monoisotopic (exact) mass is 422 g/mol. The molecule has 144 valence electrons. The van der Waals surface area contributed by atoms with Crippen LogP contribution in [0.5, 0.6) is 5.75 Å². The lowest BCUT2D eigenvalue weighted by Gasteiger charge is -2.41. The zero-order valence-electron chi connectivity index (χ0n) is 15.3. The molecule has 3 atom stereocenters. The van der Waals surface area contributed by atoms with Gasteiger partial charge in [0, 0.05) is 16.0 Å². The van der Waals surface area contributed by atoms with E-state index in [1.54, 1.807) is 18.2 Å². The van der Waals surface area contributed by atoms with E-state index in [2.05, 4.69) is 10.2 Å². The summed E-state index contributed by atoms with van der Waals surface area (Å²) in [7, 11) is 0. The summed E-state index contributed by atoms with van der Waals surface area (Å²) < 4.78 is 6.40. The Balaban J connectivity index is 1.74. The molecule has 5 rings (SSSR count). The van der Waals surface area contributed by atoms with Crippen molar-refractivity contribution in [3.05, 3.63) is 99.5 Å². The summed E-state index contributed by atoms with van der Waals surface area (Å²) in [5, 5.41) is 9.89. The first-order valence-corrected chi connectivity index (χ1v) is 10.1. The number of azo groups is 1. The maximum atomic E-state index is 13.9. The molecule has 3 aromatic carbocycles. The van der Waals surface area contributed by atoms with Gasteiger partial charge in [0.05, 0.1) is 12.1 Å². The predicted octanol–water partition coefficient (Wildman–Crippen LogP) is 6.30. The highest BCUT2D eigenvalue weighted by molar-refractivity contribution is 6.35. The second-order valence-corrected chi connectivity index (χ2v) is 8.05. The smallest absolute Gasteiger partial charge is 0.200 e. The van der Waals surface area contributed by atoms with Gasteiger partial charge in [0.15, 0.2) is 11.6 Å². The topological polar surface area (TPSA) is 51.0 Å². The SMILES string of the molecule is O=C1c2ccccc2O[C@H](c2ccccc2)[C@@]12N=NC[C@H]2c1ccc(Cl)cc1Cl. The van der Waals surface area contributed by atoms with Crippen LogP contribution in [0.25, 0.3) is 0 Å². The van der Waals surface area contributed by atoms with Gasteiger partial charge in [-0.3, -0.25) is 4.79 Å². The normalized spacial score (nSPS) is 25.1. The van der Waals surface area contributed by atoms with Crippen LogP contribution in [0.15, 0.2) is 83.0 Å². The van der Waals surface area contributed by atoms with Crippen LogP contribution in [0.1, 0.15) is 33.5 Å². The summed E-state index contributed by atoms with van der Waals surface area (Å²) in [6, 6.07) is 22.2. The number of benzene rings is 3. The van der Waals surface area contributed by atoms with E-state index in [1.165, 1.54) is 0 Å². The number of ether oxygens (including phenoxy) is 1. The highest BCUT2D eigenvalue weighted by Gasteiger charge is 2.60. The number of hydrogen-bond donors (Lipinski definition) is 0. The Bertz CT molecular complexity index is 1130. The van der Waals surface area contributed by atoms with Crippen molar-refractivity contribution in [3.8, 4) is 5.75 Å². The van der Waals surface area contributed by atoms with Crippen molar-refractivity contribution in [2.75, 3.05) is 6.54 Å². The van der Waals surface area contributed by atoms with Crippen LogP contribution >= 0.6 is 23.2 Å². The number of hydrogen-bond acceptors (Lipinski definition) is 4. The van der Waals surface area contributed by atoms with Gasteiger partial charge in [-0.15, -0.1) is 0 Å². The van der Waals surface area contributed by atoms with Crippen molar-refractivity contribution in [1.82, 2.24) is 0 Å². The molecule has 0 aromatic heterocycles. The molecule has 6 heteroatoms. The lowest BCUT2D eigenvalue weighted by Crippen LogP contribution is -2.51. The van der Waals surface area contributed by atoms with Gasteiger partial charge in [0.2, 0.25) is 5.78 Å². The third-order valence-corrected chi connectivity index (χ3v) is 6.17. The quantitative estimate of drug-likeness (QED) is 0.486. The van der Waals surface area contributed by atoms with Crippen molar-refractivity contribution in [3.63, 3.8) is 0 Å². The van der Waals surface area contributed by atoms with Crippen LogP contribution in [0, 0.1) is 0 Å². The Morgan fingerprint density at radius 2 is 1.72 bits per heavy atom. The predicted molar refractivity (Wildman–Crippen MR) is 112 cm³/mol. The summed E-state index contributed by atoms with van der Waals surface area (Å²) >= 11 is 12.6. The molecule has 2 aliphatic rings. The minimum absolute atomic E-state index is 0.106. The van der Waals surface area contributed by atoms with E-state index >= 15 is 0 Å². The van der Waals surface area contributed by atoms with Crippen molar-refractivity contribution >= 4 is 29.0 Å². The number of nitrogens with zero attached hydrogens (tertiary/aromatic N) is 2. The average molecular weight is 423 g/mol. The van der Waals surface area contributed by atoms with Crippen LogP contribution in [0.2, 0.25) is 10.0 Å². The average Bonchev–Trinajstić information content (AvgIpc) is 3.17. The fourth-order valence-electron chi connectivity index (χ4n) is 4.27. The van der Waals surface area contributed by atoms with Gasteiger partial charge in [-0.05, 0) is 35.4 Å². The van der Waals surface area contributed by atoms with Gasteiger partial charge in [-0.2, -0.15) is 10.2 Å². The van der Waals surface area contributed by atoms with E-state index in [-0.39, 0.29) is 11.7 Å².